The molecule has 0 radical (unpaired) electrons. The summed E-state index contributed by atoms with van der Waals surface area (Å²) >= 11 is 5.47. The van der Waals surface area contributed by atoms with E-state index >= 15 is 0 Å². The first-order valence-corrected chi connectivity index (χ1v) is 6.42. The highest BCUT2D eigenvalue weighted by atomic mass is 35.5. The third-order valence-corrected chi connectivity index (χ3v) is 3.18. The van der Waals surface area contributed by atoms with Crippen molar-refractivity contribution in [1.82, 2.24) is 5.32 Å². The van der Waals surface area contributed by atoms with Crippen LogP contribution in [0, 0.1) is 6.92 Å². The Hall–Kier alpha value is -1.22. The number of alkyl halides is 1. The molecule has 1 aromatic carbocycles. The van der Waals surface area contributed by atoms with Crippen LogP contribution in [0.2, 0.25) is 0 Å². The normalized spacial score (nSPS) is 11.2. The van der Waals surface area contributed by atoms with Crippen molar-refractivity contribution in [3.05, 3.63) is 29.3 Å². The van der Waals surface area contributed by atoms with Gasteiger partial charge in [0, 0.05) is 17.5 Å². The number of benzene rings is 1. The number of carbonyl (C=O) groups excluding carboxylic acids is 1. The number of nitrogens with one attached hydrogen (secondary N) is 1. The smallest absolute Gasteiger partial charge is 0.234 e. The molecule has 0 heterocycles. The summed E-state index contributed by atoms with van der Waals surface area (Å²) in [7, 11) is 1.65. The second-order valence-electron chi connectivity index (χ2n) is 5.00. The van der Waals surface area contributed by atoms with E-state index in [0.717, 1.165) is 11.3 Å². The molecule has 0 aliphatic heterocycles. The molecular formula is C14H20ClNO2. The lowest BCUT2D eigenvalue weighted by molar-refractivity contribution is -0.118. The second kappa shape index (κ2) is 6.10. The van der Waals surface area contributed by atoms with Crippen molar-refractivity contribution in [3.8, 4) is 5.75 Å². The quantitative estimate of drug-likeness (QED) is 0.835. The maximum Gasteiger partial charge on any atom is 0.234 e. The molecule has 0 fully saturated rings. The van der Waals surface area contributed by atoms with Gasteiger partial charge in [-0.25, -0.2) is 0 Å². The number of hydrogen-bond acceptors (Lipinski definition) is 2. The molecule has 0 saturated carbocycles. The maximum atomic E-state index is 11.2. The van der Waals surface area contributed by atoms with Gasteiger partial charge in [0.05, 0.1) is 7.11 Å². The summed E-state index contributed by atoms with van der Waals surface area (Å²) in [5.41, 5.74) is 2.04. The minimum Gasteiger partial charge on any atom is -0.496 e. The summed E-state index contributed by atoms with van der Waals surface area (Å²) in [4.78, 5) is 11.2. The Bertz CT molecular complexity index is 430. The van der Waals surface area contributed by atoms with E-state index < -0.39 is 0 Å². The zero-order valence-electron chi connectivity index (χ0n) is 11.3. The zero-order valence-corrected chi connectivity index (χ0v) is 12.1. The number of ether oxygens (including phenoxy) is 1. The van der Waals surface area contributed by atoms with E-state index in [-0.39, 0.29) is 17.2 Å². The highest BCUT2D eigenvalue weighted by Gasteiger charge is 2.25. The van der Waals surface area contributed by atoms with Crippen molar-refractivity contribution in [2.75, 3.05) is 19.5 Å². The highest BCUT2D eigenvalue weighted by molar-refractivity contribution is 6.27. The van der Waals surface area contributed by atoms with E-state index in [4.69, 9.17) is 16.3 Å². The van der Waals surface area contributed by atoms with Gasteiger partial charge in [0.15, 0.2) is 0 Å². The fraction of sp³-hybridized carbons (Fsp3) is 0.500. The van der Waals surface area contributed by atoms with E-state index in [1.807, 2.05) is 19.1 Å². The predicted molar refractivity (Wildman–Crippen MR) is 74.5 cm³/mol. The molecule has 1 rings (SSSR count). The summed E-state index contributed by atoms with van der Waals surface area (Å²) in [5, 5.41) is 2.82. The van der Waals surface area contributed by atoms with Gasteiger partial charge >= 0.3 is 0 Å². The minimum atomic E-state index is -0.209. The lowest BCUT2D eigenvalue weighted by Crippen LogP contribution is -2.37. The van der Waals surface area contributed by atoms with Gasteiger partial charge in [-0.1, -0.05) is 31.5 Å². The average Bonchev–Trinajstić information content (AvgIpc) is 2.36. The van der Waals surface area contributed by atoms with Gasteiger partial charge in [-0.3, -0.25) is 4.79 Å². The largest absolute Gasteiger partial charge is 0.496 e. The first-order valence-electron chi connectivity index (χ1n) is 5.88. The number of hydrogen-bond donors (Lipinski definition) is 1. The molecule has 4 heteroatoms. The average molecular weight is 270 g/mol. The molecule has 0 aliphatic rings. The number of rotatable bonds is 5. The Labute approximate surface area is 113 Å². The van der Waals surface area contributed by atoms with Gasteiger partial charge in [-0.2, -0.15) is 0 Å². The van der Waals surface area contributed by atoms with Crippen molar-refractivity contribution in [1.29, 1.82) is 0 Å². The predicted octanol–water partition coefficient (Wildman–Crippen LogP) is 2.64. The van der Waals surface area contributed by atoms with Crippen LogP contribution in [-0.2, 0) is 10.2 Å². The highest BCUT2D eigenvalue weighted by Crippen LogP contribution is 2.31. The fourth-order valence-corrected chi connectivity index (χ4v) is 1.91. The number of halogens is 1. The maximum absolute atomic E-state index is 11.2. The van der Waals surface area contributed by atoms with Crippen LogP contribution in [0.5, 0.6) is 5.75 Å². The molecule has 0 bridgehead atoms. The van der Waals surface area contributed by atoms with E-state index in [9.17, 15) is 4.79 Å². The van der Waals surface area contributed by atoms with Crippen LogP contribution < -0.4 is 10.1 Å². The molecule has 0 aliphatic carbocycles. The first-order chi connectivity index (χ1) is 8.40. The SMILES string of the molecule is COc1ccc(C)cc1C(C)(C)CNC(=O)CCl. The lowest BCUT2D eigenvalue weighted by Gasteiger charge is -2.27. The molecule has 0 spiro atoms. The summed E-state index contributed by atoms with van der Waals surface area (Å²) in [6, 6.07) is 6.05. The van der Waals surface area contributed by atoms with Crippen LogP contribution in [-0.4, -0.2) is 25.4 Å². The molecule has 0 saturated heterocycles. The second-order valence-corrected chi connectivity index (χ2v) is 5.27. The molecule has 1 aromatic rings. The van der Waals surface area contributed by atoms with Crippen LogP contribution >= 0.6 is 11.6 Å². The Morgan fingerprint density at radius 3 is 2.67 bits per heavy atom. The Morgan fingerprint density at radius 2 is 2.11 bits per heavy atom. The summed E-state index contributed by atoms with van der Waals surface area (Å²) in [5.74, 6) is 0.670. The molecule has 1 amide bonds. The topological polar surface area (TPSA) is 38.3 Å². The monoisotopic (exact) mass is 269 g/mol. The van der Waals surface area contributed by atoms with Crippen molar-refractivity contribution >= 4 is 17.5 Å². The number of carbonyl (C=O) groups is 1. The lowest BCUT2D eigenvalue weighted by atomic mass is 9.83. The summed E-state index contributed by atoms with van der Waals surface area (Å²) in [6.45, 7) is 6.70. The summed E-state index contributed by atoms with van der Waals surface area (Å²) in [6.07, 6.45) is 0. The van der Waals surface area contributed by atoms with Gasteiger partial charge < -0.3 is 10.1 Å². The van der Waals surface area contributed by atoms with E-state index in [1.54, 1.807) is 7.11 Å². The molecule has 0 aromatic heterocycles. The third-order valence-electron chi connectivity index (χ3n) is 2.93. The van der Waals surface area contributed by atoms with Crippen LogP contribution in [0.3, 0.4) is 0 Å². The van der Waals surface area contributed by atoms with Crippen LogP contribution in [0.15, 0.2) is 18.2 Å². The third kappa shape index (κ3) is 3.64. The van der Waals surface area contributed by atoms with Gasteiger partial charge in [-0.05, 0) is 13.0 Å². The number of aryl methyl sites for hydroxylation is 1. The molecule has 18 heavy (non-hydrogen) atoms. The Morgan fingerprint density at radius 1 is 1.44 bits per heavy atom. The minimum absolute atomic E-state index is 0.0129. The Balaban J connectivity index is 2.95. The van der Waals surface area contributed by atoms with Crippen molar-refractivity contribution < 1.29 is 9.53 Å². The zero-order chi connectivity index (χ0) is 13.8. The van der Waals surface area contributed by atoms with Gasteiger partial charge in [0.2, 0.25) is 5.91 Å². The van der Waals surface area contributed by atoms with Crippen LogP contribution in [0.25, 0.3) is 0 Å². The molecule has 0 unspecified atom stereocenters. The van der Waals surface area contributed by atoms with Crippen molar-refractivity contribution in [2.45, 2.75) is 26.2 Å². The molecule has 3 nitrogen and oxygen atoms in total. The van der Waals surface area contributed by atoms with Crippen molar-refractivity contribution in [2.24, 2.45) is 0 Å². The molecule has 100 valence electrons. The van der Waals surface area contributed by atoms with Crippen molar-refractivity contribution in [3.63, 3.8) is 0 Å². The van der Waals surface area contributed by atoms with Gasteiger partial charge in [-0.15, -0.1) is 11.6 Å². The molecular weight excluding hydrogens is 250 g/mol. The van der Waals surface area contributed by atoms with Crippen LogP contribution in [0.4, 0.5) is 0 Å². The fourth-order valence-electron chi connectivity index (χ4n) is 1.81. The van der Waals surface area contributed by atoms with Crippen LogP contribution in [0.1, 0.15) is 25.0 Å². The standard InChI is InChI=1S/C14H20ClNO2/c1-10-5-6-12(18-4)11(7-10)14(2,3)9-16-13(17)8-15/h5-7H,8-9H2,1-4H3,(H,16,17). The Kier molecular flexibility index (Phi) is 5.03. The molecule has 1 N–H and O–H groups in total. The molecule has 0 atom stereocenters. The van der Waals surface area contributed by atoms with E-state index in [2.05, 4.69) is 25.2 Å². The van der Waals surface area contributed by atoms with E-state index in [0.29, 0.717) is 6.54 Å². The van der Waals surface area contributed by atoms with Gasteiger partial charge in [0.25, 0.3) is 0 Å². The van der Waals surface area contributed by atoms with Gasteiger partial charge in [0.1, 0.15) is 11.6 Å². The number of methoxy groups -OCH3 is 1. The summed E-state index contributed by atoms with van der Waals surface area (Å²) < 4.78 is 5.38. The number of amides is 1. The first kappa shape index (κ1) is 14.8. The van der Waals surface area contributed by atoms with E-state index in [1.165, 1.54) is 5.56 Å².